The van der Waals surface area contributed by atoms with E-state index >= 15 is 0 Å². The lowest BCUT2D eigenvalue weighted by Crippen LogP contribution is -2.27. The van der Waals surface area contributed by atoms with Gasteiger partial charge in [0.15, 0.2) is 17.5 Å². The number of fused-ring (bicyclic) bond motifs is 2. The third kappa shape index (κ3) is 3.99. The van der Waals surface area contributed by atoms with Crippen molar-refractivity contribution in [2.75, 3.05) is 11.1 Å². The van der Waals surface area contributed by atoms with Gasteiger partial charge in [0.05, 0.1) is 16.5 Å². The minimum Gasteiger partial charge on any atom is -0.383 e. The summed E-state index contributed by atoms with van der Waals surface area (Å²) in [6, 6.07) is 12.4. The van der Waals surface area contributed by atoms with Crippen molar-refractivity contribution in [2.24, 2.45) is 0 Å². The highest BCUT2D eigenvalue weighted by Crippen LogP contribution is 2.40. The van der Waals surface area contributed by atoms with Crippen LogP contribution in [0, 0.1) is 17.5 Å². The molecule has 0 unspecified atom stereocenters. The first-order chi connectivity index (χ1) is 18.5. The fourth-order valence-corrected chi connectivity index (χ4v) is 5.02. The molecule has 196 valence electrons. The van der Waals surface area contributed by atoms with Gasteiger partial charge in [-0.2, -0.15) is 0 Å². The van der Waals surface area contributed by atoms with E-state index in [4.69, 9.17) is 17.3 Å². The number of aromatic nitrogens is 4. The van der Waals surface area contributed by atoms with Gasteiger partial charge in [-0.1, -0.05) is 29.8 Å². The van der Waals surface area contributed by atoms with Crippen LogP contribution in [0.15, 0.2) is 54.7 Å². The minimum atomic E-state index is -1.29. The normalized spacial score (nSPS) is 14.1. The van der Waals surface area contributed by atoms with Gasteiger partial charge >= 0.3 is 0 Å². The highest BCUT2D eigenvalue weighted by molar-refractivity contribution is 6.30. The lowest BCUT2D eigenvalue weighted by molar-refractivity contribution is -0.119. The second-order valence-electron chi connectivity index (χ2n) is 9.79. The Hall–Kier alpha value is -4.44. The summed E-state index contributed by atoms with van der Waals surface area (Å²) < 4.78 is 44.9. The summed E-state index contributed by atoms with van der Waals surface area (Å²) in [5.74, 6) is -2.92. The van der Waals surface area contributed by atoms with E-state index in [0.29, 0.717) is 16.1 Å². The molecule has 2 aromatic carbocycles. The number of anilines is 2. The van der Waals surface area contributed by atoms with E-state index < -0.39 is 28.4 Å². The summed E-state index contributed by atoms with van der Waals surface area (Å²) in [7, 11) is 0. The SMILES string of the molecule is CC1(C)C(=O)Nc2nc(-c3nc(Cc4c(F)ccc(F)c4F)n4cc(-c5cccc(Cl)c5)ccc34)nc(N)c21. The van der Waals surface area contributed by atoms with Gasteiger partial charge in [0, 0.05) is 23.2 Å². The molecule has 11 heteroatoms. The number of nitrogens with zero attached hydrogens (tertiary/aromatic N) is 4. The third-order valence-corrected chi connectivity index (χ3v) is 7.15. The molecule has 3 aromatic heterocycles. The van der Waals surface area contributed by atoms with Crippen molar-refractivity contribution in [1.82, 2.24) is 19.4 Å². The highest BCUT2D eigenvalue weighted by Gasteiger charge is 2.42. The molecule has 5 aromatic rings. The van der Waals surface area contributed by atoms with Crippen molar-refractivity contribution < 1.29 is 18.0 Å². The molecule has 1 amide bonds. The minimum absolute atomic E-state index is 0.110. The summed E-state index contributed by atoms with van der Waals surface area (Å²) in [6.45, 7) is 3.44. The summed E-state index contributed by atoms with van der Waals surface area (Å²) in [6.07, 6.45) is 1.38. The Kier molecular flexibility index (Phi) is 5.62. The molecular formula is C28H20ClF3N6O. The number of nitrogens with two attached hydrogens (primary N) is 1. The van der Waals surface area contributed by atoms with E-state index in [1.807, 2.05) is 12.1 Å². The van der Waals surface area contributed by atoms with Gasteiger partial charge in [0.2, 0.25) is 5.91 Å². The topological polar surface area (TPSA) is 98.2 Å². The second kappa shape index (κ2) is 8.81. The molecule has 3 N–H and O–H groups in total. The average molecular weight is 549 g/mol. The molecular weight excluding hydrogens is 529 g/mol. The van der Waals surface area contributed by atoms with Crippen LogP contribution in [0.1, 0.15) is 30.8 Å². The number of hydrogen-bond acceptors (Lipinski definition) is 5. The molecule has 1 aliphatic heterocycles. The van der Waals surface area contributed by atoms with Crippen LogP contribution in [0.3, 0.4) is 0 Å². The maximum atomic E-state index is 14.6. The maximum Gasteiger partial charge on any atom is 0.235 e. The number of carbonyl (C=O) groups is 1. The highest BCUT2D eigenvalue weighted by atomic mass is 35.5. The van der Waals surface area contributed by atoms with Crippen molar-refractivity contribution in [1.29, 1.82) is 0 Å². The smallest absolute Gasteiger partial charge is 0.235 e. The van der Waals surface area contributed by atoms with Gasteiger partial charge < -0.3 is 15.5 Å². The molecule has 1 aliphatic rings. The fraction of sp³-hybridized carbons (Fsp3) is 0.143. The van der Waals surface area contributed by atoms with Crippen molar-refractivity contribution in [2.45, 2.75) is 25.7 Å². The van der Waals surface area contributed by atoms with Gasteiger partial charge in [-0.25, -0.2) is 28.1 Å². The summed E-state index contributed by atoms with van der Waals surface area (Å²) in [5, 5.41) is 3.27. The summed E-state index contributed by atoms with van der Waals surface area (Å²) >= 11 is 6.18. The number of amides is 1. The predicted molar refractivity (Wildman–Crippen MR) is 142 cm³/mol. The molecule has 4 heterocycles. The number of imidazole rings is 1. The largest absolute Gasteiger partial charge is 0.383 e. The van der Waals surface area contributed by atoms with E-state index in [1.54, 1.807) is 48.7 Å². The number of nitrogen functional groups attached to an aromatic ring is 1. The Morgan fingerprint density at radius 2 is 1.77 bits per heavy atom. The Morgan fingerprint density at radius 3 is 2.54 bits per heavy atom. The number of halogens is 4. The first-order valence-corrected chi connectivity index (χ1v) is 12.3. The first kappa shape index (κ1) is 24.9. The Morgan fingerprint density at radius 1 is 1.00 bits per heavy atom. The zero-order valence-corrected chi connectivity index (χ0v) is 21.4. The number of nitrogens with one attached hydrogen (secondary N) is 1. The van der Waals surface area contributed by atoms with Crippen LogP contribution >= 0.6 is 11.6 Å². The second-order valence-corrected chi connectivity index (χ2v) is 10.2. The quantitative estimate of drug-likeness (QED) is 0.271. The van der Waals surface area contributed by atoms with Crippen molar-refractivity contribution in [3.63, 3.8) is 0 Å². The van der Waals surface area contributed by atoms with Gasteiger partial charge in [0.1, 0.15) is 29.0 Å². The molecule has 0 aliphatic carbocycles. The van der Waals surface area contributed by atoms with Gasteiger partial charge in [-0.3, -0.25) is 4.79 Å². The third-order valence-electron chi connectivity index (χ3n) is 6.92. The molecule has 0 fully saturated rings. The fourth-order valence-electron chi connectivity index (χ4n) is 4.83. The van der Waals surface area contributed by atoms with Gasteiger partial charge in [-0.05, 0) is 55.3 Å². The van der Waals surface area contributed by atoms with Crippen LogP contribution < -0.4 is 11.1 Å². The Bertz CT molecular complexity index is 1830. The molecule has 0 atom stereocenters. The maximum absolute atomic E-state index is 14.6. The number of benzene rings is 2. The predicted octanol–water partition coefficient (Wildman–Crippen LogP) is 5.93. The number of rotatable bonds is 4. The van der Waals surface area contributed by atoms with E-state index in [1.165, 1.54) is 0 Å². The van der Waals surface area contributed by atoms with E-state index in [0.717, 1.165) is 23.3 Å². The summed E-state index contributed by atoms with van der Waals surface area (Å²) in [5.41, 5.74) is 7.69. The monoisotopic (exact) mass is 548 g/mol. The molecule has 0 saturated carbocycles. The van der Waals surface area contributed by atoms with Crippen molar-refractivity contribution in [3.8, 4) is 22.6 Å². The standard InChI is InChI=1S/C28H20ClF3N6O/c1-28(2)21-24(33)35-26(36-25(21)37-27(28)39)23-19-9-6-14(13-4-3-5-15(29)10-13)12-38(19)20(34-23)11-16-17(30)7-8-18(31)22(16)32/h3-10,12H,11H2,1-2H3,(H3,33,35,36,37,39). The van der Waals surface area contributed by atoms with Crippen molar-refractivity contribution >= 4 is 34.7 Å². The van der Waals surface area contributed by atoms with E-state index in [9.17, 15) is 18.0 Å². The van der Waals surface area contributed by atoms with E-state index in [2.05, 4.69) is 20.3 Å². The summed E-state index contributed by atoms with van der Waals surface area (Å²) in [4.78, 5) is 26.1. The van der Waals surface area contributed by atoms with Crippen molar-refractivity contribution in [3.05, 3.63) is 94.2 Å². The molecule has 0 bridgehead atoms. The Labute approximate surface area is 225 Å². The van der Waals surface area contributed by atoms with Crippen LogP contribution in [-0.4, -0.2) is 25.3 Å². The van der Waals surface area contributed by atoms with Crippen LogP contribution in [0.5, 0.6) is 0 Å². The molecule has 39 heavy (non-hydrogen) atoms. The van der Waals surface area contributed by atoms with Crippen LogP contribution in [-0.2, 0) is 16.6 Å². The number of carbonyl (C=O) groups excluding carboxylic acids is 1. The average Bonchev–Trinajstić information content (AvgIpc) is 3.37. The molecule has 0 spiro atoms. The number of hydrogen-bond donors (Lipinski definition) is 2. The van der Waals surface area contributed by atoms with Crippen LogP contribution in [0.4, 0.5) is 24.8 Å². The van der Waals surface area contributed by atoms with Crippen LogP contribution in [0.25, 0.3) is 28.2 Å². The first-order valence-electron chi connectivity index (χ1n) is 11.9. The van der Waals surface area contributed by atoms with E-state index in [-0.39, 0.29) is 41.3 Å². The number of pyridine rings is 1. The zero-order valence-electron chi connectivity index (χ0n) is 20.7. The molecule has 6 rings (SSSR count). The van der Waals surface area contributed by atoms with Crippen LogP contribution in [0.2, 0.25) is 5.02 Å². The zero-order chi connectivity index (χ0) is 27.6. The molecule has 0 radical (unpaired) electrons. The molecule has 7 nitrogen and oxygen atoms in total. The molecule has 0 saturated heterocycles. The van der Waals surface area contributed by atoms with Gasteiger partial charge in [-0.15, -0.1) is 0 Å². The Balaban J connectivity index is 1.57. The lowest BCUT2D eigenvalue weighted by Gasteiger charge is -2.16. The lowest BCUT2D eigenvalue weighted by atomic mass is 9.87. The van der Waals surface area contributed by atoms with Gasteiger partial charge in [0.25, 0.3) is 0 Å².